The van der Waals surface area contributed by atoms with Crippen LogP contribution in [0.1, 0.15) is 35.8 Å². The fourth-order valence-electron chi connectivity index (χ4n) is 2.06. The van der Waals surface area contributed by atoms with Crippen molar-refractivity contribution in [3.63, 3.8) is 0 Å². The summed E-state index contributed by atoms with van der Waals surface area (Å²) in [6.45, 7) is 2.61. The predicted octanol–water partition coefficient (Wildman–Crippen LogP) is 2.04. The van der Waals surface area contributed by atoms with E-state index < -0.39 is 11.8 Å². The molecule has 1 saturated carbocycles. The van der Waals surface area contributed by atoms with Gasteiger partial charge in [-0.25, -0.2) is 14.2 Å². The minimum Gasteiger partial charge on any atom is -0.477 e. The third kappa shape index (κ3) is 2.19. The minimum atomic E-state index is -1.15. The van der Waals surface area contributed by atoms with Gasteiger partial charge < -0.3 is 15.4 Å². The third-order valence-corrected chi connectivity index (χ3v) is 3.60. The highest BCUT2D eigenvalue weighted by atomic mass is 19.1. The van der Waals surface area contributed by atoms with Gasteiger partial charge in [-0.1, -0.05) is 0 Å². The van der Waals surface area contributed by atoms with Crippen molar-refractivity contribution in [2.24, 2.45) is 0 Å². The topological polar surface area (TPSA) is 78.0 Å². The van der Waals surface area contributed by atoms with Gasteiger partial charge in [0.05, 0.1) is 5.52 Å². The Morgan fingerprint density at radius 2 is 2.37 bits per heavy atom. The first-order valence-electron chi connectivity index (χ1n) is 6.13. The normalized spacial score (nSPS) is 16.7. The number of hydrogen-bond acceptors (Lipinski definition) is 3. The summed E-state index contributed by atoms with van der Waals surface area (Å²) in [4.78, 5) is 17.7. The van der Waals surface area contributed by atoms with Crippen LogP contribution in [-0.4, -0.2) is 26.6 Å². The zero-order chi connectivity index (χ0) is 13.6. The summed E-state index contributed by atoms with van der Waals surface area (Å²) >= 11 is 0. The maximum absolute atomic E-state index is 13.5. The summed E-state index contributed by atoms with van der Waals surface area (Å²) in [5, 5.41) is 12.4. The monoisotopic (exact) mass is 263 g/mol. The standard InChI is InChI=1S/C13H14FN3O2/c1-13(2-3-13)16-5-7-4-9(12(18)19)17-11-8(14)6-15-10(7)11/h4,6,15-16H,2-3,5H2,1H3,(H,18,19). The van der Waals surface area contributed by atoms with Crippen LogP contribution in [0.25, 0.3) is 11.0 Å². The fraction of sp³-hybridized carbons (Fsp3) is 0.385. The van der Waals surface area contributed by atoms with Gasteiger partial charge in [-0.15, -0.1) is 0 Å². The van der Waals surface area contributed by atoms with E-state index in [4.69, 9.17) is 5.11 Å². The summed E-state index contributed by atoms with van der Waals surface area (Å²) in [5.41, 5.74) is 1.35. The van der Waals surface area contributed by atoms with Gasteiger partial charge >= 0.3 is 5.97 Å². The van der Waals surface area contributed by atoms with Crippen LogP contribution in [0.3, 0.4) is 0 Å². The van der Waals surface area contributed by atoms with Crippen molar-refractivity contribution in [2.45, 2.75) is 31.8 Å². The summed E-state index contributed by atoms with van der Waals surface area (Å²) in [5.74, 6) is -1.68. The maximum Gasteiger partial charge on any atom is 0.354 e. The highest BCUT2D eigenvalue weighted by Crippen LogP contribution is 2.34. The molecule has 2 aromatic rings. The fourth-order valence-corrected chi connectivity index (χ4v) is 2.06. The Bertz CT molecular complexity index is 661. The van der Waals surface area contributed by atoms with E-state index >= 15 is 0 Å². The average molecular weight is 263 g/mol. The van der Waals surface area contributed by atoms with Crippen molar-refractivity contribution >= 4 is 17.0 Å². The van der Waals surface area contributed by atoms with Gasteiger partial charge in [0.25, 0.3) is 0 Å². The van der Waals surface area contributed by atoms with Crippen LogP contribution >= 0.6 is 0 Å². The lowest BCUT2D eigenvalue weighted by molar-refractivity contribution is 0.0691. The van der Waals surface area contributed by atoms with E-state index in [1.54, 1.807) is 0 Å². The van der Waals surface area contributed by atoms with Crippen molar-refractivity contribution in [1.82, 2.24) is 15.3 Å². The van der Waals surface area contributed by atoms with E-state index in [0.717, 1.165) is 18.4 Å². The van der Waals surface area contributed by atoms with E-state index in [9.17, 15) is 9.18 Å². The quantitative estimate of drug-likeness (QED) is 0.788. The van der Waals surface area contributed by atoms with Crippen molar-refractivity contribution in [1.29, 1.82) is 0 Å². The van der Waals surface area contributed by atoms with Crippen LogP contribution < -0.4 is 5.32 Å². The molecule has 1 fully saturated rings. The summed E-state index contributed by atoms with van der Waals surface area (Å²) in [6, 6.07) is 1.49. The highest BCUT2D eigenvalue weighted by Gasteiger charge is 2.36. The van der Waals surface area contributed by atoms with Crippen molar-refractivity contribution < 1.29 is 14.3 Å². The molecule has 0 amide bonds. The first kappa shape index (κ1) is 12.1. The Hall–Kier alpha value is -1.95. The summed E-state index contributed by atoms with van der Waals surface area (Å²) < 4.78 is 13.5. The molecule has 0 aliphatic heterocycles. The molecule has 0 spiro atoms. The van der Waals surface area contributed by atoms with Gasteiger partial charge in [-0.2, -0.15) is 0 Å². The van der Waals surface area contributed by atoms with Crippen LogP contribution in [0.4, 0.5) is 4.39 Å². The number of hydrogen-bond donors (Lipinski definition) is 3. The van der Waals surface area contributed by atoms with Gasteiger partial charge in [0.15, 0.2) is 5.82 Å². The molecule has 0 unspecified atom stereocenters. The number of carboxylic acid groups (broad SMARTS) is 1. The van der Waals surface area contributed by atoms with Gasteiger partial charge in [-0.05, 0) is 31.4 Å². The number of carbonyl (C=O) groups is 1. The van der Waals surface area contributed by atoms with Crippen LogP contribution in [0.5, 0.6) is 0 Å². The molecule has 1 aliphatic carbocycles. The number of fused-ring (bicyclic) bond motifs is 1. The number of aromatic carboxylic acids is 1. The second-order valence-corrected chi connectivity index (χ2v) is 5.25. The summed E-state index contributed by atoms with van der Waals surface area (Å²) in [6.07, 6.45) is 3.41. The number of pyridine rings is 1. The number of aromatic nitrogens is 2. The second-order valence-electron chi connectivity index (χ2n) is 5.25. The maximum atomic E-state index is 13.5. The molecule has 2 aromatic heterocycles. The number of halogens is 1. The van der Waals surface area contributed by atoms with E-state index in [-0.39, 0.29) is 16.7 Å². The smallest absolute Gasteiger partial charge is 0.354 e. The number of rotatable bonds is 4. The van der Waals surface area contributed by atoms with Crippen molar-refractivity contribution in [3.8, 4) is 0 Å². The van der Waals surface area contributed by atoms with Crippen LogP contribution in [0, 0.1) is 5.82 Å². The Balaban J connectivity index is 2.02. The number of nitrogens with zero attached hydrogens (tertiary/aromatic N) is 1. The molecule has 100 valence electrons. The molecule has 0 atom stereocenters. The van der Waals surface area contributed by atoms with Gasteiger partial charge in [-0.3, -0.25) is 0 Å². The Labute approximate surface area is 108 Å². The molecule has 3 N–H and O–H groups in total. The summed E-state index contributed by atoms with van der Waals surface area (Å²) in [7, 11) is 0. The lowest BCUT2D eigenvalue weighted by Gasteiger charge is -2.12. The van der Waals surface area contributed by atoms with E-state index in [1.165, 1.54) is 12.3 Å². The Kier molecular flexibility index (Phi) is 2.56. The third-order valence-electron chi connectivity index (χ3n) is 3.60. The molecule has 2 heterocycles. The molecular formula is C13H14FN3O2. The van der Waals surface area contributed by atoms with Crippen LogP contribution in [-0.2, 0) is 6.54 Å². The van der Waals surface area contributed by atoms with Gasteiger partial charge in [0, 0.05) is 18.3 Å². The zero-order valence-corrected chi connectivity index (χ0v) is 10.5. The second kappa shape index (κ2) is 4.03. The molecular weight excluding hydrogens is 249 g/mol. The lowest BCUT2D eigenvalue weighted by Crippen LogP contribution is -2.27. The van der Waals surface area contributed by atoms with E-state index in [2.05, 4.69) is 22.2 Å². The molecule has 0 bridgehead atoms. The van der Waals surface area contributed by atoms with E-state index in [0.29, 0.717) is 12.1 Å². The number of carboxylic acids is 1. The Morgan fingerprint density at radius 3 is 3.00 bits per heavy atom. The zero-order valence-electron chi connectivity index (χ0n) is 10.5. The molecule has 5 nitrogen and oxygen atoms in total. The number of aromatic amines is 1. The number of H-pyrrole nitrogens is 1. The predicted molar refractivity (Wildman–Crippen MR) is 67.5 cm³/mol. The molecule has 1 aliphatic rings. The van der Waals surface area contributed by atoms with Crippen molar-refractivity contribution in [2.75, 3.05) is 0 Å². The molecule has 0 saturated heterocycles. The van der Waals surface area contributed by atoms with Crippen molar-refractivity contribution in [3.05, 3.63) is 29.3 Å². The molecule has 3 rings (SSSR count). The SMILES string of the molecule is CC1(NCc2cc(C(=O)O)nc3c(F)c[nH]c23)CC1. The molecule has 0 aromatic carbocycles. The molecule has 6 heteroatoms. The number of nitrogens with one attached hydrogen (secondary N) is 2. The van der Waals surface area contributed by atoms with Gasteiger partial charge in [0.1, 0.15) is 11.2 Å². The first-order chi connectivity index (χ1) is 8.98. The first-order valence-corrected chi connectivity index (χ1v) is 6.13. The van der Waals surface area contributed by atoms with Crippen LogP contribution in [0.15, 0.2) is 12.3 Å². The van der Waals surface area contributed by atoms with E-state index in [1.807, 2.05) is 0 Å². The largest absolute Gasteiger partial charge is 0.477 e. The Morgan fingerprint density at radius 1 is 1.63 bits per heavy atom. The minimum absolute atomic E-state index is 0.0812. The lowest BCUT2D eigenvalue weighted by atomic mass is 10.1. The van der Waals surface area contributed by atoms with Gasteiger partial charge in [0.2, 0.25) is 0 Å². The average Bonchev–Trinajstić information content (AvgIpc) is 3.00. The van der Waals surface area contributed by atoms with Crippen LogP contribution in [0.2, 0.25) is 0 Å². The highest BCUT2D eigenvalue weighted by molar-refractivity contribution is 5.90. The molecule has 19 heavy (non-hydrogen) atoms. The molecule has 0 radical (unpaired) electrons.